The summed E-state index contributed by atoms with van der Waals surface area (Å²) in [4.78, 5) is 7.63. The van der Waals surface area contributed by atoms with E-state index in [4.69, 9.17) is 0 Å². The van der Waals surface area contributed by atoms with Crippen molar-refractivity contribution in [3.63, 3.8) is 0 Å². The van der Waals surface area contributed by atoms with Gasteiger partial charge in [0.1, 0.15) is 5.69 Å². The van der Waals surface area contributed by atoms with Crippen molar-refractivity contribution in [3.05, 3.63) is 54.4 Å². The number of nitrogens with one attached hydrogen (secondary N) is 3. The van der Waals surface area contributed by atoms with Crippen LogP contribution in [0.5, 0.6) is 0 Å². The smallest absolute Gasteiger partial charge is 0.116 e. The average molecular weight is 315 g/mol. The molecule has 4 aromatic rings. The molecular formula is C19H17N5. The molecule has 1 aliphatic rings. The van der Waals surface area contributed by atoms with E-state index in [9.17, 15) is 0 Å². The molecule has 5 rings (SSSR count). The summed E-state index contributed by atoms with van der Waals surface area (Å²) in [7, 11) is 0. The number of aromatic nitrogens is 4. The van der Waals surface area contributed by atoms with E-state index < -0.39 is 0 Å². The maximum absolute atomic E-state index is 4.54. The molecule has 1 aliphatic heterocycles. The van der Waals surface area contributed by atoms with E-state index in [1.54, 1.807) is 6.20 Å². The van der Waals surface area contributed by atoms with Gasteiger partial charge in [-0.3, -0.25) is 10.1 Å². The summed E-state index contributed by atoms with van der Waals surface area (Å²) >= 11 is 0. The second-order valence-corrected chi connectivity index (χ2v) is 6.16. The molecule has 4 heterocycles. The second kappa shape index (κ2) is 5.32. The van der Waals surface area contributed by atoms with Crippen LogP contribution in [0.3, 0.4) is 0 Å². The first-order chi connectivity index (χ1) is 11.9. The molecule has 0 amide bonds. The van der Waals surface area contributed by atoms with Crippen molar-refractivity contribution >= 4 is 27.4 Å². The summed E-state index contributed by atoms with van der Waals surface area (Å²) in [6.45, 7) is 1.98. The van der Waals surface area contributed by atoms with E-state index >= 15 is 0 Å². The highest BCUT2D eigenvalue weighted by molar-refractivity contribution is 5.97. The highest BCUT2D eigenvalue weighted by atomic mass is 15.1. The van der Waals surface area contributed by atoms with Gasteiger partial charge in [0.2, 0.25) is 0 Å². The van der Waals surface area contributed by atoms with Crippen molar-refractivity contribution in [3.8, 4) is 11.4 Å². The Labute approximate surface area is 138 Å². The van der Waals surface area contributed by atoms with E-state index in [1.807, 2.05) is 12.3 Å². The minimum atomic E-state index is 0.945. The fourth-order valence-electron chi connectivity index (χ4n) is 3.40. The van der Waals surface area contributed by atoms with Crippen LogP contribution >= 0.6 is 0 Å². The Bertz CT molecular complexity index is 1040. The van der Waals surface area contributed by atoms with Crippen molar-refractivity contribution in [2.24, 2.45) is 0 Å². The summed E-state index contributed by atoms with van der Waals surface area (Å²) in [6, 6.07) is 10.6. The lowest BCUT2D eigenvalue weighted by atomic mass is 9.98. The zero-order valence-electron chi connectivity index (χ0n) is 13.1. The normalized spacial score (nSPS) is 15.1. The van der Waals surface area contributed by atoms with E-state index in [-0.39, 0.29) is 0 Å². The van der Waals surface area contributed by atoms with Crippen molar-refractivity contribution in [1.29, 1.82) is 0 Å². The summed E-state index contributed by atoms with van der Waals surface area (Å²) < 4.78 is 0. The SMILES string of the molecule is C1=C(c2ccc3[nH]nc(-c4cc5cnccc5[nH]4)c3c2)CCNC1. The maximum atomic E-state index is 4.54. The molecule has 5 heteroatoms. The Morgan fingerprint density at radius 1 is 1.04 bits per heavy atom. The summed E-state index contributed by atoms with van der Waals surface area (Å²) in [5, 5.41) is 13.3. The van der Waals surface area contributed by atoms with Crippen LogP contribution < -0.4 is 5.32 Å². The molecule has 0 saturated heterocycles. The van der Waals surface area contributed by atoms with Crippen LogP contribution in [-0.2, 0) is 0 Å². The first kappa shape index (κ1) is 13.5. The van der Waals surface area contributed by atoms with Crippen LogP contribution in [0.4, 0.5) is 0 Å². The Balaban J connectivity index is 1.66. The van der Waals surface area contributed by atoms with Gasteiger partial charge in [0.15, 0.2) is 0 Å². The number of pyridine rings is 1. The predicted molar refractivity (Wildman–Crippen MR) is 96.6 cm³/mol. The maximum Gasteiger partial charge on any atom is 0.116 e. The van der Waals surface area contributed by atoms with Crippen LogP contribution in [0.15, 0.2) is 48.8 Å². The molecule has 118 valence electrons. The van der Waals surface area contributed by atoms with Gasteiger partial charge in [-0.25, -0.2) is 0 Å². The molecule has 0 saturated carbocycles. The van der Waals surface area contributed by atoms with Crippen molar-refractivity contribution in [1.82, 2.24) is 25.5 Å². The molecule has 1 aromatic carbocycles. The van der Waals surface area contributed by atoms with E-state index in [0.29, 0.717) is 0 Å². The molecule has 3 aromatic heterocycles. The van der Waals surface area contributed by atoms with Gasteiger partial charge in [0.05, 0.1) is 11.2 Å². The van der Waals surface area contributed by atoms with E-state index in [2.05, 4.69) is 55.8 Å². The third-order valence-electron chi connectivity index (χ3n) is 4.67. The van der Waals surface area contributed by atoms with E-state index in [1.165, 1.54) is 11.1 Å². The monoisotopic (exact) mass is 315 g/mol. The number of hydrogen-bond donors (Lipinski definition) is 3. The summed E-state index contributed by atoms with van der Waals surface area (Å²) in [5.41, 5.74) is 6.79. The Morgan fingerprint density at radius 3 is 2.92 bits per heavy atom. The number of benzene rings is 1. The highest BCUT2D eigenvalue weighted by Gasteiger charge is 2.13. The van der Waals surface area contributed by atoms with Gasteiger partial charge in [0.25, 0.3) is 0 Å². The van der Waals surface area contributed by atoms with Crippen LogP contribution in [-0.4, -0.2) is 33.3 Å². The number of nitrogens with zero attached hydrogens (tertiary/aromatic N) is 2. The second-order valence-electron chi connectivity index (χ2n) is 6.16. The largest absolute Gasteiger partial charge is 0.353 e. The van der Waals surface area contributed by atoms with Gasteiger partial charge in [-0.1, -0.05) is 12.1 Å². The molecule has 0 unspecified atom stereocenters. The minimum Gasteiger partial charge on any atom is -0.353 e. The lowest BCUT2D eigenvalue weighted by molar-refractivity contribution is 0.739. The molecule has 24 heavy (non-hydrogen) atoms. The Morgan fingerprint density at radius 2 is 2.04 bits per heavy atom. The van der Waals surface area contributed by atoms with Gasteiger partial charge in [-0.2, -0.15) is 5.10 Å². The first-order valence-corrected chi connectivity index (χ1v) is 8.20. The highest BCUT2D eigenvalue weighted by Crippen LogP contribution is 2.31. The molecule has 0 aliphatic carbocycles. The fourth-order valence-corrected chi connectivity index (χ4v) is 3.40. The molecule has 0 bridgehead atoms. The number of fused-ring (bicyclic) bond motifs is 2. The summed E-state index contributed by atoms with van der Waals surface area (Å²) in [5.74, 6) is 0. The van der Waals surface area contributed by atoms with Crippen LogP contribution in [0.2, 0.25) is 0 Å². The topological polar surface area (TPSA) is 69.4 Å². The van der Waals surface area contributed by atoms with Crippen molar-refractivity contribution < 1.29 is 0 Å². The molecule has 5 nitrogen and oxygen atoms in total. The van der Waals surface area contributed by atoms with Gasteiger partial charge in [-0.05, 0) is 48.4 Å². The summed E-state index contributed by atoms with van der Waals surface area (Å²) in [6.07, 6.45) is 7.01. The van der Waals surface area contributed by atoms with E-state index in [0.717, 1.165) is 52.7 Å². The average Bonchev–Trinajstić information content (AvgIpc) is 3.25. The number of H-pyrrole nitrogens is 2. The fraction of sp³-hybridized carbons (Fsp3) is 0.158. The van der Waals surface area contributed by atoms with Gasteiger partial charge < -0.3 is 10.3 Å². The first-order valence-electron chi connectivity index (χ1n) is 8.20. The number of rotatable bonds is 2. The molecule has 0 spiro atoms. The standard InChI is InChI=1S/C19H17N5/c1-2-17-15(9-13(1)12-3-6-20-7-4-12)19(24-23-17)18-10-14-11-21-8-5-16(14)22-18/h1-3,5,8-11,20,22H,4,6-7H2,(H,23,24). The van der Waals surface area contributed by atoms with Crippen molar-refractivity contribution in [2.75, 3.05) is 13.1 Å². The minimum absolute atomic E-state index is 0.945. The lowest BCUT2D eigenvalue weighted by Crippen LogP contribution is -2.19. The van der Waals surface area contributed by atoms with Crippen molar-refractivity contribution in [2.45, 2.75) is 6.42 Å². The quantitative estimate of drug-likeness (QED) is 0.530. The third-order valence-corrected chi connectivity index (χ3v) is 4.67. The molecular weight excluding hydrogens is 298 g/mol. The Kier molecular flexibility index (Phi) is 2.99. The molecule has 3 N–H and O–H groups in total. The Hall–Kier alpha value is -2.92. The number of hydrogen-bond acceptors (Lipinski definition) is 3. The van der Waals surface area contributed by atoms with Gasteiger partial charge in [0, 0.05) is 35.2 Å². The molecule has 0 atom stereocenters. The van der Waals surface area contributed by atoms with Crippen LogP contribution in [0.25, 0.3) is 38.8 Å². The molecule has 0 radical (unpaired) electrons. The number of aromatic amines is 2. The lowest BCUT2D eigenvalue weighted by Gasteiger charge is -2.14. The third kappa shape index (κ3) is 2.13. The van der Waals surface area contributed by atoms with Crippen LogP contribution in [0.1, 0.15) is 12.0 Å². The zero-order chi connectivity index (χ0) is 15.9. The van der Waals surface area contributed by atoms with Gasteiger partial charge in [-0.15, -0.1) is 0 Å². The van der Waals surface area contributed by atoms with Gasteiger partial charge >= 0.3 is 0 Å². The van der Waals surface area contributed by atoms with Crippen LogP contribution in [0, 0.1) is 0 Å². The predicted octanol–water partition coefficient (Wildman–Crippen LogP) is 3.48. The molecule has 0 fully saturated rings. The zero-order valence-corrected chi connectivity index (χ0v) is 13.1.